The lowest BCUT2D eigenvalue weighted by Gasteiger charge is -2.24. The highest BCUT2D eigenvalue weighted by atomic mass is 79.9. The number of nitrogens with one attached hydrogen (secondary N) is 1. The molecule has 1 amide bonds. The van der Waals surface area contributed by atoms with E-state index in [1.807, 2.05) is 0 Å². The van der Waals surface area contributed by atoms with Crippen LogP contribution in [0.2, 0.25) is 0 Å². The maximum atomic E-state index is 12.9. The van der Waals surface area contributed by atoms with Gasteiger partial charge in [0.25, 0.3) is 0 Å². The van der Waals surface area contributed by atoms with Crippen molar-refractivity contribution >= 4 is 21.8 Å². The molecule has 4 nitrogen and oxygen atoms in total. The van der Waals surface area contributed by atoms with Gasteiger partial charge >= 0.3 is 6.18 Å². The standard InChI is InChI=1S/C14H19BrF3N3O/c1-8-11(15)12(14(16,17)18)20-21(8)9(2)13(22)19-10-6-4-3-5-7-10/h9-10H,3-7H2,1-2H3,(H,19,22). The van der Waals surface area contributed by atoms with Gasteiger partial charge in [0, 0.05) is 6.04 Å². The minimum absolute atomic E-state index is 0.114. The molecule has 124 valence electrons. The summed E-state index contributed by atoms with van der Waals surface area (Å²) in [5, 5.41) is 6.49. The van der Waals surface area contributed by atoms with E-state index in [0.29, 0.717) is 5.69 Å². The van der Waals surface area contributed by atoms with E-state index < -0.39 is 17.9 Å². The van der Waals surface area contributed by atoms with E-state index in [2.05, 4.69) is 26.3 Å². The Balaban J connectivity index is 2.15. The molecule has 0 radical (unpaired) electrons. The molecular weight excluding hydrogens is 363 g/mol. The van der Waals surface area contributed by atoms with Gasteiger partial charge in [0.2, 0.25) is 5.91 Å². The highest BCUT2D eigenvalue weighted by Crippen LogP contribution is 2.36. The summed E-state index contributed by atoms with van der Waals surface area (Å²) < 4.78 is 39.6. The molecule has 1 fully saturated rings. The fourth-order valence-corrected chi connectivity index (χ4v) is 3.22. The van der Waals surface area contributed by atoms with E-state index in [-0.39, 0.29) is 16.4 Å². The Morgan fingerprint density at radius 1 is 1.36 bits per heavy atom. The Morgan fingerprint density at radius 2 is 1.95 bits per heavy atom. The Kier molecular flexibility index (Phi) is 5.19. The average molecular weight is 382 g/mol. The van der Waals surface area contributed by atoms with Crippen LogP contribution >= 0.6 is 15.9 Å². The minimum atomic E-state index is -4.55. The first-order valence-corrected chi connectivity index (χ1v) is 8.13. The molecule has 0 aliphatic heterocycles. The Bertz CT molecular complexity index is 550. The first kappa shape index (κ1) is 17.3. The van der Waals surface area contributed by atoms with E-state index in [0.717, 1.165) is 30.4 Å². The zero-order valence-electron chi connectivity index (χ0n) is 12.5. The van der Waals surface area contributed by atoms with Crippen molar-refractivity contribution in [2.45, 2.75) is 64.2 Å². The van der Waals surface area contributed by atoms with Gasteiger partial charge < -0.3 is 5.32 Å². The molecule has 1 aromatic heterocycles. The van der Waals surface area contributed by atoms with Gasteiger partial charge in [-0.1, -0.05) is 19.3 Å². The second kappa shape index (κ2) is 6.60. The van der Waals surface area contributed by atoms with Crippen LogP contribution in [0.4, 0.5) is 13.2 Å². The maximum Gasteiger partial charge on any atom is 0.436 e. The topological polar surface area (TPSA) is 46.9 Å². The van der Waals surface area contributed by atoms with Crippen molar-refractivity contribution in [3.63, 3.8) is 0 Å². The van der Waals surface area contributed by atoms with Crippen molar-refractivity contribution in [2.24, 2.45) is 0 Å². The number of carbonyl (C=O) groups excluding carboxylic acids is 1. The van der Waals surface area contributed by atoms with Crippen LogP contribution in [0, 0.1) is 6.92 Å². The summed E-state index contributed by atoms with van der Waals surface area (Å²) in [5.41, 5.74) is -0.707. The molecule has 1 aromatic rings. The molecule has 0 aromatic carbocycles. The van der Waals surface area contributed by atoms with E-state index >= 15 is 0 Å². The number of aromatic nitrogens is 2. The fraction of sp³-hybridized carbons (Fsp3) is 0.714. The summed E-state index contributed by atoms with van der Waals surface area (Å²) in [6, 6.07) is -0.667. The van der Waals surface area contributed by atoms with Crippen molar-refractivity contribution in [1.82, 2.24) is 15.1 Å². The van der Waals surface area contributed by atoms with Crippen LogP contribution in [0.25, 0.3) is 0 Å². The summed E-state index contributed by atoms with van der Waals surface area (Å²) in [5.74, 6) is -0.293. The van der Waals surface area contributed by atoms with Gasteiger partial charge in [0.15, 0.2) is 5.69 Å². The lowest BCUT2D eigenvalue weighted by molar-refractivity contribution is -0.142. The van der Waals surface area contributed by atoms with Gasteiger partial charge in [-0.15, -0.1) is 0 Å². The maximum absolute atomic E-state index is 12.9. The van der Waals surface area contributed by atoms with Crippen LogP contribution in [0.5, 0.6) is 0 Å². The number of amides is 1. The summed E-state index contributed by atoms with van der Waals surface area (Å²) in [6.07, 6.45) is 0.617. The molecule has 8 heteroatoms. The average Bonchev–Trinajstić information content (AvgIpc) is 2.75. The van der Waals surface area contributed by atoms with Gasteiger partial charge in [0.05, 0.1) is 10.2 Å². The van der Waals surface area contributed by atoms with Crippen LogP contribution in [0.1, 0.15) is 56.5 Å². The molecule has 2 rings (SSSR count). The molecule has 0 bridgehead atoms. The van der Waals surface area contributed by atoms with E-state index in [4.69, 9.17) is 0 Å². The Labute approximate surface area is 135 Å². The molecule has 1 unspecified atom stereocenters. The lowest BCUT2D eigenvalue weighted by atomic mass is 9.95. The number of hydrogen-bond acceptors (Lipinski definition) is 2. The minimum Gasteiger partial charge on any atom is -0.352 e. The molecule has 0 spiro atoms. The quantitative estimate of drug-likeness (QED) is 0.860. The summed E-state index contributed by atoms with van der Waals surface area (Å²) in [6.45, 7) is 3.07. The second-order valence-corrected chi connectivity index (χ2v) is 6.50. The van der Waals surface area contributed by atoms with Crippen molar-refractivity contribution in [2.75, 3.05) is 0 Å². The van der Waals surface area contributed by atoms with Gasteiger partial charge in [-0.05, 0) is 42.6 Å². The van der Waals surface area contributed by atoms with Crippen molar-refractivity contribution in [1.29, 1.82) is 0 Å². The third kappa shape index (κ3) is 3.64. The van der Waals surface area contributed by atoms with Crippen molar-refractivity contribution < 1.29 is 18.0 Å². The number of rotatable bonds is 3. The first-order chi connectivity index (χ1) is 10.2. The zero-order chi connectivity index (χ0) is 16.5. The van der Waals surface area contributed by atoms with E-state index in [1.165, 1.54) is 13.3 Å². The van der Waals surface area contributed by atoms with Gasteiger partial charge in [-0.2, -0.15) is 18.3 Å². The van der Waals surface area contributed by atoms with Crippen molar-refractivity contribution in [3.05, 3.63) is 15.9 Å². The fourth-order valence-electron chi connectivity index (χ4n) is 2.74. The molecule has 0 saturated heterocycles. The summed E-state index contributed by atoms with van der Waals surface area (Å²) >= 11 is 2.92. The third-order valence-electron chi connectivity index (χ3n) is 4.04. The zero-order valence-corrected chi connectivity index (χ0v) is 14.1. The van der Waals surface area contributed by atoms with Crippen LogP contribution in [-0.4, -0.2) is 21.7 Å². The number of alkyl halides is 3. The predicted molar refractivity (Wildman–Crippen MR) is 79.4 cm³/mol. The Morgan fingerprint density at radius 3 is 2.45 bits per heavy atom. The smallest absolute Gasteiger partial charge is 0.352 e. The predicted octanol–water partition coefficient (Wildman–Crippen LogP) is 3.98. The summed E-state index contributed by atoms with van der Waals surface area (Å²) in [4.78, 5) is 12.3. The van der Waals surface area contributed by atoms with E-state index in [1.54, 1.807) is 6.92 Å². The van der Waals surface area contributed by atoms with Crippen molar-refractivity contribution in [3.8, 4) is 0 Å². The van der Waals surface area contributed by atoms with Gasteiger partial charge in [-0.3, -0.25) is 9.48 Å². The molecule has 1 atom stereocenters. The Hall–Kier alpha value is -1.05. The first-order valence-electron chi connectivity index (χ1n) is 7.34. The third-order valence-corrected chi connectivity index (χ3v) is 4.99. The molecule has 1 heterocycles. The monoisotopic (exact) mass is 381 g/mol. The number of nitrogens with zero attached hydrogens (tertiary/aromatic N) is 2. The molecular formula is C14H19BrF3N3O. The van der Waals surface area contributed by atoms with Crippen LogP contribution in [0.3, 0.4) is 0 Å². The highest BCUT2D eigenvalue weighted by molar-refractivity contribution is 9.10. The van der Waals surface area contributed by atoms with Crippen LogP contribution in [-0.2, 0) is 11.0 Å². The molecule has 1 aliphatic carbocycles. The largest absolute Gasteiger partial charge is 0.436 e. The number of carbonyl (C=O) groups is 1. The second-order valence-electron chi connectivity index (χ2n) is 5.71. The molecule has 22 heavy (non-hydrogen) atoms. The lowest BCUT2D eigenvalue weighted by Crippen LogP contribution is -2.40. The molecule has 1 N–H and O–H groups in total. The van der Waals surface area contributed by atoms with E-state index in [9.17, 15) is 18.0 Å². The normalized spacial score (nSPS) is 18.3. The summed E-state index contributed by atoms with van der Waals surface area (Å²) in [7, 11) is 0. The molecule has 1 saturated carbocycles. The number of halogens is 4. The SMILES string of the molecule is Cc1c(Br)c(C(F)(F)F)nn1C(C)C(=O)NC1CCCCC1. The highest BCUT2D eigenvalue weighted by Gasteiger charge is 2.39. The van der Waals surface area contributed by atoms with Crippen LogP contribution in [0.15, 0.2) is 4.47 Å². The van der Waals surface area contributed by atoms with Gasteiger partial charge in [0.1, 0.15) is 6.04 Å². The van der Waals surface area contributed by atoms with Gasteiger partial charge in [-0.25, -0.2) is 0 Å². The van der Waals surface area contributed by atoms with Crippen LogP contribution < -0.4 is 5.32 Å². The molecule has 1 aliphatic rings. The number of hydrogen-bond donors (Lipinski definition) is 1.